The summed E-state index contributed by atoms with van der Waals surface area (Å²) in [5, 5.41) is 0.508. The highest BCUT2D eigenvalue weighted by atomic mass is 32.1. The van der Waals surface area contributed by atoms with Crippen LogP contribution >= 0.6 is 37.9 Å². The first-order valence-corrected chi connectivity index (χ1v) is 12.5. The largest absolute Gasteiger partial charge is 0.336 e. The lowest BCUT2D eigenvalue weighted by molar-refractivity contribution is 0.327. The van der Waals surface area contributed by atoms with Crippen LogP contribution in [0.1, 0.15) is 98.2 Å². The average Bonchev–Trinajstić information content (AvgIpc) is 2.62. The van der Waals surface area contributed by atoms with Gasteiger partial charge < -0.3 is 0 Å². The van der Waals surface area contributed by atoms with E-state index in [1.165, 1.54) is 13.7 Å². The Bertz CT molecular complexity index is 703. The van der Waals surface area contributed by atoms with Crippen molar-refractivity contribution in [1.29, 1.82) is 0 Å². The topological polar surface area (TPSA) is 66.0 Å². The normalized spacial score (nSPS) is 17.9. The molecule has 0 N–H and O–H groups in total. The highest BCUT2D eigenvalue weighted by Crippen LogP contribution is 2.17. The first-order valence-electron chi connectivity index (χ1n) is 10.9. The highest BCUT2D eigenvalue weighted by Gasteiger charge is 2.24. The van der Waals surface area contributed by atoms with Crippen LogP contribution in [0.5, 0.6) is 0 Å². The molecule has 1 rings (SSSR count). The van der Waals surface area contributed by atoms with Crippen LogP contribution in [0.25, 0.3) is 0 Å². The second kappa shape index (κ2) is 12.5. The van der Waals surface area contributed by atoms with E-state index in [2.05, 4.69) is 37.9 Å². The van der Waals surface area contributed by atoms with E-state index in [9.17, 15) is 14.4 Å². The number of thiol groups is 3. The number of hydrogen-bond donors (Lipinski definition) is 3. The van der Waals surface area contributed by atoms with Crippen LogP contribution in [0.2, 0.25) is 0 Å². The molecule has 0 saturated heterocycles. The van der Waals surface area contributed by atoms with E-state index >= 15 is 0 Å². The monoisotopic (exact) mass is 477 g/mol. The lowest BCUT2D eigenvalue weighted by atomic mass is 10.1. The number of hydrogen-bond acceptors (Lipinski definition) is 6. The first-order chi connectivity index (χ1) is 13.9. The summed E-state index contributed by atoms with van der Waals surface area (Å²) in [7, 11) is 0. The molecule has 0 aromatic carbocycles. The Labute approximate surface area is 196 Å². The zero-order valence-corrected chi connectivity index (χ0v) is 21.8. The highest BCUT2D eigenvalue weighted by molar-refractivity contribution is 7.81. The second-order valence-electron chi connectivity index (χ2n) is 8.78. The average molecular weight is 478 g/mol. The fourth-order valence-corrected chi connectivity index (χ4v) is 4.01. The molecule has 0 amide bonds. The molecule has 0 fully saturated rings. The van der Waals surface area contributed by atoms with Gasteiger partial charge in [0.25, 0.3) is 0 Å². The maximum absolute atomic E-state index is 13.3. The summed E-state index contributed by atoms with van der Waals surface area (Å²) < 4.78 is 3.79. The minimum Gasteiger partial charge on any atom is -0.247 e. The summed E-state index contributed by atoms with van der Waals surface area (Å²) in [5.41, 5.74) is -1.56. The lowest BCUT2D eigenvalue weighted by Crippen LogP contribution is -2.56. The Kier molecular flexibility index (Phi) is 11.4. The van der Waals surface area contributed by atoms with E-state index in [0.29, 0.717) is 19.3 Å². The zero-order valence-electron chi connectivity index (χ0n) is 19.1. The van der Waals surface area contributed by atoms with Gasteiger partial charge in [-0.05, 0) is 75.0 Å². The Hall–Kier alpha value is -0.540. The van der Waals surface area contributed by atoms with E-state index in [4.69, 9.17) is 0 Å². The fraction of sp³-hybridized carbons (Fsp3) is 0.857. The van der Waals surface area contributed by atoms with Gasteiger partial charge in [0.15, 0.2) is 0 Å². The molecule has 1 aromatic rings. The summed E-state index contributed by atoms with van der Waals surface area (Å²) in [6, 6.07) is -0.945. The molecule has 6 atom stereocenters. The van der Waals surface area contributed by atoms with Crippen LogP contribution in [0.15, 0.2) is 14.4 Å². The molecule has 1 heterocycles. The van der Waals surface area contributed by atoms with Crippen molar-refractivity contribution in [2.75, 3.05) is 0 Å². The van der Waals surface area contributed by atoms with E-state index in [1.807, 2.05) is 41.5 Å². The smallest absolute Gasteiger partial charge is 0.247 e. The summed E-state index contributed by atoms with van der Waals surface area (Å²) in [5.74, 6) is 0. The van der Waals surface area contributed by atoms with Crippen molar-refractivity contribution in [3.63, 3.8) is 0 Å². The molecular formula is C21H39N3O3S3. The third kappa shape index (κ3) is 7.55. The van der Waals surface area contributed by atoms with Crippen molar-refractivity contribution in [1.82, 2.24) is 13.7 Å². The van der Waals surface area contributed by atoms with Crippen LogP contribution in [0.3, 0.4) is 0 Å². The van der Waals surface area contributed by atoms with Crippen molar-refractivity contribution >= 4 is 37.9 Å². The number of nitrogens with zero attached hydrogens (tertiary/aromatic N) is 3. The van der Waals surface area contributed by atoms with Crippen LogP contribution in [0, 0.1) is 0 Å². The van der Waals surface area contributed by atoms with Crippen LogP contribution in [0.4, 0.5) is 0 Å². The third-order valence-electron chi connectivity index (χ3n) is 5.57. The summed E-state index contributed by atoms with van der Waals surface area (Å²) in [6.45, 7) is 11.5. The van der Waals surface area contributed by atoms with Crippen LogP contribution in [-0.4, -0.2) is 29.5 Å². The van der Waals surface area contributed by atoms with E-state index in [0.717, 1.165) is 19.3 Å². The fourth-order valence-electron chi connectivity index (χ4n) is 3.56. The molecule has 0 aliphatic heterocycles. The van der Waals surface area contributed by atoms with Gasteiger partial charge in [0.1, 0.15) is 0 Å². The molecule has 30 heavy (non-hydrogen) atoms. The molecule has 9 heteroatoms. The van der Waals surface area contributed by atoms with Gasteiger partial charge in [-0.25, -0.2) is 28.1 Å². The van der Waals surface area contributed by atoms with Crippen molar-refractivity contribution in [3.05, 3.63) is 31.5 Å². The molecule has 0 saturated carbocycles. The molecule has 0 aliphatic rings. The third-order valence-corrected chi connectivity index (χ3v) is 6.34. The Balaban J connectivity index is 3.58. The molecule has 1 aromatic heterocycles. The molecular weight excluding hydrogens is 438 g/mol. The Morgan fingerprint density at radius 3 is 0.867 bits per heavy atom. The number of aromatic nitrogens is 3. The molecule has 174 valence electrons. The van der Waals surface area contributed by atoms with E-state index in [1.54, 1.807) is 0 Å². The molecule has 0 radical (unpaired) electrons. The standard InChI is InChI=1S/C21H39N3O3S3/c1-13(7-10-16(4)28)22-19(25)23(14(2)8-11-17(5)29)21(27)24(20(22)26)15(3)9-12-18(6)30/h13-18,28-30H,7-12H2,1-6H3. The maximum atomic E-state index is 13.3. The van der Waals surface area contributed by atoms with Gasteiger partial charge in [0.05, 0.1) is 0 Å². The van der Waals surface area contributed by atoms with Crippen LogP contribution in [-0.2, 0) is 0 Å². The Morgan fingerprint density at radius 1 is 0.500 bits per heavy atom. The lowest BCUT2D eigenvalue weighted by Gasteiger charge is -2.24. The van der Waals surface area contributed by atoms with E-state index in [-0.39, 0.29) is 33.9 Å². The van der Waals surface area contributed by atoms with Crippen LogP contribution < -0.4 is 17.1 Å². The van der Waals surface area contributed by atoms with Gasteiger partial charge in [0, 0.05) is 18.1 Å². The second-order valence-corrected chi connectivity index (χ2v) is 11.4. The Morgan fingerprint density at radius 2 is 0.700 bits per heavy atom. The maximum Gasteiger partial charge on any atom is 0.336 e. The quantitative estimate of drug-likeness (QED) is 0.396. The molecule has 0 bridgehead atoms. The first kappa shape index (κ1) is 27.5. The summed E-state index contributed by atoms with van der Waals surface area (Å²) >= 11 is 13.2. The predicted molar refractivity (Wildman–Crippen MR) is 136 cm³/mol. The van der Waals surface area contributed by atoms with Crippen molar-refractivity contribution in [2.24, 2.45) is 0 Å². The van der Waals surface area contributed by atoms with Gasteiger partial charge >= 0.3 is 17.1 Å². The summed E-state index contributed by atoms with van der Waals surface area (Å²) in [6.07, 6.45) is 4.24. The van der Waals surface area contributed by atoms with Crippen molar-refractivity contribution in [2.45, 2.75) is 114 Å². The SMILES string of the molecule is CC(S)CCC(C)n1c(=O)n(C(C)CCC(C)S)c(=O)n(C(C)CCC(C)S)c1=O. The number of rotatable bonds is 12. The minimum absolute atomic E-state index is 0.169. The molecule has 0 aliphatic carbocycles. The minimum atomic E-state index is -0.519. The molecule has 6 nitrogen and oxygen atoms in total. The molecule has 0 spiro atoms. The van der Waals surface area contributed by atoms with Gasteiger partial charge in [0.2, 0.25) is 0 Å². The van der Waals surface area contributed by atoms with E-state index < -0.39 is 17.1 Å². The van der Waals surface area contributed by atoms with Crippen molar-refractivity contribution < 1.29 is 0 Å². The zero-order chi connectivity index (χ0) is 23.2. The van der Waals surface area contributed by atoms with Crippen molar-refractivity contribution in [3.8, 4) is 0 Å². The van der Waals surface area contributed by atoms with Gasteiger partial charge in [-0.15, -0.1) is 0 Å². The summed E-state index contributed by atoms with van der Waals surface area (Å²) in [4.78, 5) is 39.9. The molecule has 6 unspecified atom stereocenters. The van der Waals surface area contributed by atoms with Gasteiger partial charge in [-0.1, -0.05) is 20.8 Å². The predicted octanol–water partition coefficient (Wildman–Crippen LogP) is 4.15. The van der Waals surface area contributed by atoms with Gasteiger partial charge in [-0.2, -0.15) is 37.9 Å². The van der Waals surface area contributed by atoms with Gasteiger partial charge in [-0.3, -0.25) is 0 Å².